The first-order valence-electron chi connectivity index (χ1n) is 8.16. The van der Waals surface area contributed by atoms with Crippen LogP contribution in [-0.4, -0.2) is 44.4 Å². The Morgan fingerprint density at radius 2 is 1.71 bits per heavy atom. The van der Waals surface area contributed by atoms with Crippen molar-refractivity contribution in [3.63, 3.8) is 0 Å². The highest BCUT2D eigenvalue weighted by Crippen LogP contribution is 2.29. The number of anilines is 2. The SMILES string of the molecule is CC(C)(C)[CH][C@H]1CN(c2ccc(N3CCOCC3=O)cc2)C(=O)O1. The van der Waals surface area contributed by atoms with Crippen molar-refractivity contribution in [3.8, 4) is 0 Å². The van der Waals surface area contributed by atoms with Crippen LogP contribution in [0.25, 0.3) is 0 Å². The smallest absolute Gasteiger partial charge is 0.414 e. The second kappa shape index (κ2) is 6.43. The summed E-state index contributed by atoms with van der Waals surface area (Å²) in [6, 6.07) is 7.40. The number of carbonyl (C=O) groups is 2. The maximum absolute atomic E-state index is 12.1. The van der Waals surface area contributed by atoms with Crippen LogP contribution in [0.15, 0.2) is 24.3 Å². The molecule has 1 atom stereocenters. The molecule has 0 N–H and O–H groups in total. The first-order valence-corrected chi connectivity index (χ1v) is 8.16. The number of cyclic esters (lactones) is 1. The fourth-order valence-corrected chi connectivity index (χ4v) is 2.94. The zero-order valence-electron chi connectivity index (χ0n) is 14.3. The lowest BCUT2D eigenvalue weighted by atomic mass is 9.89. The van der Waals surface area contributed by atoms with E-state index in [9.17, 15) is 9.59 Å². The van der Waals surface area contributed by atoms with E-state index in [-0.39, 0.29) is 30.1 Å². The molecule has 2 aliphatic rings. The van der Waals surface area contributed by atoms with E-state index in [2.05, 4.69) is 20.8 Å². The lowest BCUT2D eigenvalue weighted by Crippen LogP contribution is -2.41. The molecule has 0 aromatic heterocycles. The average Bonchev–Trinajstić information content (AvgIpc) is 2.86. The zero-order chi connectivity index (χ0) is 17.3. The lowest BCUT2D eigenvalue weighted by molar-refractivity contribution is -0.125. The summed E-state index contributed by atoms with van der Waals surface area (Å²) in [6.07, 6.45) is 1.50. The molecule has 0 aliphatic carbocycles. The minimum atomic E-state index is -0.337. The van der Waals surface area contributed by atoms with Crippen LogP contribution in [0.3, 0.4) is 0 Å². The highest BCUT2D eigenvalue weighted by Gasteiger charge is 2.35. The normalized spacial score (nSPS) is 22.0. The third kappa shape index (κ3) is 3.70. The van der Waals surface area contributed by atoms with Crippen molar-refractivity contribution in [2.75, 3.05) is 36.1 Å². The number of amides is 2. The maximum Gasteiger partial charge on any atom is 0.414 e. The van der Waals surface area contributed by atoms with Gasteiger partial charge < -0.3 is 14.4 Å². The Bertz CT molecular complexity index is 621. The number of carbonyl (C=O) groups excluding carboxylic acids is 2. The van der Waals surface area contributed by atoms with Gasteiger partial charge in [0.25, 0.3) is 5.91 Å². The molecule has 1 radical (unpaired) electrons. The molecule has 6 heteroatoms. The Labute approximate surface area is 142 Å². The van der Waals surface area contributed by atoms with Crippen LogP contribution < -0.4 is 9.80 Å². The number of hydrogen-bond acceptors (Lipinski definition) is 4. The first kappa shape index (κ1) is 16.8. The van der Waals surface area contributed by atoms with Gasteiger partial charge in [-0.2, -0.15) is 0 Å². The van der Waals surface area contributed by atoms with Gasteiger partial charge in [0.15, 0.2) is 0 Å². The third-order valence-electron chi connectivity index (χ3n) is 3.98. The monoisotopic (exact) mass is 331 g/mol. The Morgan fingerprint density at radius 3 is 2.29 bits per heavy atom. The summed E-state index contributed by atoms with van der Waals surface area (Å²) in [5.41, 5.74) is 1.58. The summed E-state index contributed by atoms with van der Waals surface area (Å²) in [7, 11) is 0. The van der Waals surface area contributed by atoms with Gasteiger partial charge in [-0.15, -0.1) is 0 Å². The predicted molar refractivity (Wildman–Crippen MR) is 91.0 cm³/mol. The second-order valence-electron chi connectivity index (χ2n) is 7.18. The van der Waals surface area contributed by atoms with Gasteiger partial charge in [-0.1, -0.05) is 20.8 Å². The molecule has 0 saturated carbocycles. The van der Waals surface area contributed by atoms with Crippen molar-refractivity contribution in [1.82, 2.24) is 0 Å². The summed E-state index contributed by atoms with van der Waals surface area (Å²) in [4.78, 5) is 27.3. The van der Waals surface area contributed by atoms with E-state index in [0.717, 1.165) is 11.4 Å². The molecule has 2 saturated heterocycles. The molecule has 24 heavy (non-hydrogen) atoms. The summed E-state index contributed by atoms with van der Waals surface area (Å²) in [5.74, 6) is -0.0468. The summed E-state index contributed by atoms with van der Waals surface area (Å²) in [6.45, 7) is 7.95. The van der Waals surface area contributed by atoms with E-state index in [4.69, 9.17) is 9.47 Å². The van der Waals surface area contributed by atoms with Gasteiger partial charge in [0.2, 0.25) is 0 Å². The topological polar surface area (TPSA) is 59.1 Å². The van der Waals surface area contributed by atoms with Crippen molar-refractivity contribution in [3.05, 3.63) is 30.7 Å². The van der Waals surface area contributed by atoms with Crippen LogP contribution >= 0.6 is 0 Å². The van der Waals surface area contributed by atoms with E-state index < -0.39 is 0 Å². The third-order valence-corrected chi connectivity index (χ3v) is 3.98. The molecule has 0 spiro atoms. The summed E-state index contributed by atoms with van der Waals surface area (Å²) >= 11 is 0. The molecule has 2 amide bonds. The quantitative estimate of drug-likeness (QED) is 0.854. The molecule has 3 rings (SSSR count). The van der Waals surface area contributed by atoms with E-state index in [1.807, 2.05) is 30.7 Å². The molecule has 0 unspecified atom stereocenters. The van der Waals surface area contributed by atoms with Gasteiger partial charge in [-0.25, -0.2) is 4.79 Å². The van der Waals surface area contributed by atoms with E-state index in [1.165, 1.54) is 0 Å². The first-order chi connectivity index (χ1) is 11.3. The van der Waals surface area contributed by atoms with Crippen molar-refractivity contribution < 1.29 is 19.1 Å². The predicted octanol–water partition coefficient (Wildman–Crippen LogP) is 2.63. The van der Waals surface area contributed by atoms with Gasteiger partial charge in [0, 0.05) is 24.3 Å². The molecule has 129 valence electrons. The highest BCUT2D eigenvalue weighted by atomic mass is 16.6. The van der Waals surface area contributed by atoms with Gasteiger partial charge in [-0.3, -0.25) is 9.69 Å². The van der Waals surface area contributed by atoms with E-state index >= 15 is 0 Å². The van der Waals surface area contributed by atoms with Crippen molar-refractivity contribution in [2.24, 2.45) is 5.41 Å². The van der Waals surface area contributed by atoms with Crippen molar-refractivity contribution in [2.45, 2.75) is 26.9 Å². The average molecular weight is 331 g/mol. The Hall–Kier alpha value is -2.08. The Kier molecular flexibility index (Phi) is 4.49. The number of rotatable bonds is 3. The molecule has 2 fully saturated rings. The van der Waals surface area contributed by atoms with Gasteiger partial charge in [0.05, 0.1) is 13.2 Å². The number of morpholine rings is 1. The van der Waals surface area contributed by atoms with Crippen LogP contribution in [0.4, 0.5) is 16.2 Å². The zero-order valence-corrected chi connectivity index (χ0v) is 14.3. The largest absolute Gasteiger partial charge is 0.444 e. The van der Waals surface area contributed by atoms with Gasteiger partial charge in [-0.05, 0) is 29.7 Å². The molecule has 2 heterocycles. The van der Waals surface area contributed by atoms with Crippen LogP contribution in [0.2, 0.25) is 0 Å². The summed E-state index contributed by atoms with van der Waals surface area (Å²) in [5, 5.41) is 0. The van der Waals surface area contributed by atoms with Crippen LogP contribution in [0.1, 0.15) is 20.8 Å². The number of nitrogens with zero attached hydrogens (tertiary/aromatic N) is 2. The highest BCUT2D eigenvalue weighted by molar-refractivity contribution is 5.95. The molecule has 6 nitrogen and oxygen atoms in total. The Balaban J connectivity index is 1.69. The van der Waals surface area contributed by atoms with Gasteiger partial charge in [0.1, 0.15) is 12.7 Å². The minimum Gasteiger partial charge on any atom is -0.444 e. The lowest BCUT2D eigenvalue weighted by Gasteiger charge is -2.27. The van der Waals surface area contributed by atoms with Crippen molar-refractivity contribution >= 4 is 23.4 Å². The van der Waals surface area contributed by atoms with Crippen LogP contribution in [0, 0.1) is 11.8 Å². The molecular formula is C18H23N2O4. The summed E-state index contributed by atoms with van der Waals surface area (Å²) < 4.78 is 10.6. The number of ether oxygens (including phenoxy) is 2. The number of hydrogen-bond donors (Lipinski definition) is 0. The fourth-order valence-electron chi connectivity index (χ4n) is 2.94. The van der Waals surface area contributed by atoms with Crippen LogP contribution in [-0.2, 0) is 14.3 Å². The molecule has 1 aromatic carbocycles. The fraction of sp³-hybridized carbons (Fsp3) is 0.500. The van der Waals surface area contributed by atoms with Crippen molar-refractivity contribution in [1.29, 1.82) is 0 Å². The van der Waals surface area contributed by atoms with E-state index in [0.29, 0.717) is 19.7 Å². The molecule has 1 aromatic rings. The molecule has 2 aliphatic heterocycles. The number of benzene rings is 1. The Morgan fingerprint density at radius 1 is 1.08 bits per heavy atom. The maximum atomic E-state index is 12.1. The van der Waals surface area contributed by atoms with E-state index in [1.54, 1.807) is 9.80 Å². The molecule has 0 bridgehead atoms. The van der Waals surface area contributed by atoms with Crippen LogP contribution in [0.5, 0.6) is 0 Å². The van der Waals surface area contributed by atoms with Gasteiger partial charge >= 0.3 is 6.09 Å². The molecular weight excluding hydrogens is 308 g/mol. The second-order valence-corrected chi connectivity index (χ2v) is 7.18. The minimum absolute atomic E-state index is 0.0124. The standard InChI is InChI=1S/C18H23N2O4/c1-18(2,3)10-15-11-20(17(22)24-15)14-6-4-13(5-7-14)19-8-9-23-12-16(19)21/h4-7,10,15H,8-9,11-12H2,1-3H3/t15-/m0/s1.